The van der Waals surface area contributed by atoms with Gasteiger partial charge in [-0.1, -0.05) is 32.0 Å². The summed E-state index contributed by atoms with van der Waals surface area (Å²) in [5.74, 6) is -0.432. The lowest BCUT2D eigenvalue weighted by atomic mass is 10.0. The number of hydrogen-bond donors (Lipinski definition) is 3. The minimum Gasteiger partial charge on any atom is -0.484 e. The number of nitrogens with one attached hydrogen (secondary N) is 2. The van der Waals surface area contributed by atoms with Gasteiger partial charge in [-0.25, -0.2) is 4.79 Å². The maximum atomic E-state index is 11.9. The Morgan fingerprint density at radius 2 is 1.85 bits per heavy atom. The van der Waals surface area contributed by atoms with E-state index in [4.69, 9.17) is 22.1 Å². The number of carbonyl (C=O) groups excluding carboxylic acids is 1. The van der Waals surface area contributed by atoms with E-state index < -0.39 is 11.9 Å². The predicted octanol–water partition coefficient (Wildman–Crippen LogP) is 3.40. The van der Waals surface area contributed by atoms with Gasteiger partial charge in [0.1, 0.15) is 5.75 Å². The molecular weight excluding hydrogens is 352 g/mol. The first-order valence-corrected chi connectivity index (χ1v) is 8.43. The number of carbonyl (C=O) groups is 2. The van der Waals surface area contributed by atoms with E-state index in [0.717, 1.165) is 0 Å². The van der Waals surface area contributed by atoms with Gasteiger partial charge in [0.15, 0.2) is 11.7 Å². The lowest BCUT2D eigenvalue weighted by molar-refractivity contribution is -0.121. The number of benzene rings is 2. The van der Waals surface area contributed by atoms with Crippen LogP contribution in [0.25, 0.3) is 0 Å². The molecule has 0 radical (unpaired) electrons. The maximum absolute atomic E-state index is 11.9. The van der Waals surface area contributed by atoms with E-state index in [0.29, 0.717) is 17.4 Å². The summed E-state index contributed by atoms with van der Waals surface area (Å²) in [6.45, 7) is 4.02. The minimum absolute atomic E-state index is 0.0660. The van der Waals surface area contributed by atoms with Gasteiger partial charge in [0, 0.05) is 5.69 Å². The summed E-state index contributed by atoms with van der Waals surface area (Å²) in [6, 6.07) is 13.7. The Labute approximate surface area is 157 Å². The summed E-state index contributed by atoms with van der Waals surface area (Å²) < 4.78 is 5.43. The summed E-state index contributed by atoms with van der Waals surface area (Å²) in [6.07, 6.45) is 0. The summed E-state index contributed by atoms with van der Waals surface area (Å²) in [5.41, 5.74) is 1.79. The van der Waals surface area contributed by atoms with Crippen LogP contribution in [0.2, 0.25) is 0 Å². The number of thiocarbonyl (C=S) groups is 1. The molecule has 0 aliphatic rings. The Morgan fingerprint density at radius 1 is 1.15 bits per heavy atom. The zero-order valence-electron chi connectivity index (χ0n) is 14.5. The topological polar surface area (TPSA) is 87.7 Å². The summed E-state index contributed by atoms with van der Waals surface area (Å²) >= 11 is 5.05. The second-order valence-electron chi connectivity index (χ2n) is 5.90. The van der Waals surface area contributed by atoms with Crippen molar-refractivity contribution in [2.45, 2.75) is 19.8 Å². The molecule has 0 saturated carbocycles. The van der Waals surface area contributed by atoms with E-state index in [2.05, 4.69) is 24.5 Å². The molecule has 2 aromatic carbocycles. The van der Waals surface area contributed by atoms with Gasteiger partial charge in [0.25, 0.3) is 5.91 Å². The zero-order valence-corrected chi connectivity index (χ0v) is 15.3. The SMILES string of the molecule is CC(C)c1ccc(OCC(=O)NC(=S)Nc2cccc(C(=O)O)c2)cc1. The Morgan fingerprint density at radius 3 is 2.46 bits per heavy atom. The molecule has 0 fully saturated rings. The van der Waals surface area contributed by atoms with Crippen molar-refractivity contribution >= 4 is 34.9 Å². The predicted molar refractivity (Wildman–Crippen MR) is 104 cm³/mol. The molecule has 0 bridgehead atoms. The fourth-order valence-electron chi connectivity index (χ4n) is 2.15. The van der Waals surface area contributed by atoms with Crippen molar-refractivity contribution in [1.82, 2.24) is 5.32 Å². The van der Waals surface area contributed by atoms with E-state index in [1.807, 2.05) is 24.3 Å². The summed E-state index contributed by atoms with van der Waals surface area (Å²) in [7, 11) is 0. The van der Waals surface area contributed by atoms with Gasteiger partial charge in [-0.15, -0.1) is 0 Å². The molecule has 2 aromatic rings. The normalized spacial score (nSPS) is 10.3. The lowest BCUT2D eigenvalue weighted by Gasteiger charge is -2.11. The van der Waals surface area contributed by atoms with E-state index in [1.54, 1.807) is 12.1 Å². The van der Waals surface area contributed by atoms with Gasteiger partial charge in [0.05, 0.1) is 5.56 Å². The van der Waals surface area contributed by atoms with Crippen molar-refractivity contribution in [3.63, 3.8) is 0 Å². The lowest BCUT2D eigenvalue weighted by Crippen LogP contribution is -2.37. The van der Waals surface area contributed by atoms with Crippen molar-refractivity contribution in [1.29, 1.82) is 0 Å². The van der Waals surface area contributed by atoms with Gasteiger partial charge < -0.3 is 15.2 Å². The van der Waals surface area contributed by atoms with Gasteiger partial charge in [-0.2, -0.15) is 0 Å². The van der Waals surface area contributed by atoms with E-state index >= 15 is 0 Å². The second kappa shape index (κ2) is 8.96. The minimum atomic E-state index is -1.04. The number of hydrogen-bond acceptors (Lipinski definition) is 4. The number of ether oxygens (including phenoxy) is 1. The smallest absolute Gasteiger partial charge is 0.335 e. The van der Waals surface area contributed by atoms with Crippen LogP contribution in [0.15, 0.2) is 48.5 Å². The first kappa shape index (κ1) is 19.4. The number of carboxylic acid groups (broad SMARTS) is 1. The van der Waals surface area contributed by atoms with Crippen LogP contribution in [0.4, 0.5) is 5.69 Å². The Kier molecular flexibility index (Phi) is 6.68. The third-order valence-corrected chi connectivity index (χ3v) is 3.74. The van der Waals surface area contributed by atoms with Crippen molar-refractivity contribution in [3.05, 3.63) is 59.7 Å². The van der Waals surface area contributed by atoms with Crippen LogP contribution in [0.1, 0.15) is 35.7 Å². The monoisotopic (exact) mass is 372 g/mol. The number of amides is 1. The average molecular weight is 372 g/mol. The zero-order chi connectivity index (χ0) is 19.1. The standard InChI is InChI=1S/C19H20N2O4S/c1-12(2)13-6-8-16(9-7-13)25-11-17(22)21-19(26)20-15-5-3-4-14(10-15)18(23)24/h3-10,12H,11H2,1-2H3,(H,23,24)(H2,20,21,22,26). The largest absolute Gasteiger partial charge is 0.484 e. The van der Waals surface area contributed by atoms with Crippen LogP contribution in [-0.2, 0) is 4.79 Å². The third-order valence-electron chi connectivity index (χ3n) is 3.54. The van der Waals surface area contributed by atoms with Crippen LogP contribution in [0.3, 0.4) is 0 Å². The Bertz CT molecular complexity index is 803. The number of rotatable bonds is 6. The third kappa shape index (κ3) is 5.86. The van der Waals surface area contributed by atoms with Crippen LogP contribution in [-0.4, -0.2) is 28.7 Å². The molecule has 0 spiro atoms. The van der Waals surface area contributed by atoms with E-state index in [1.165, 1.54) is 17.7 Å². The van der Waals surface area contributed by atoms with Gasteiger partial charge in [-0.05, 0) is 54.0 Å². The average Bonchev–Trinajstić information content (AvgIpc) is 2.60. The number of carboxylic acids is 1. The molecule has 0 atom stereocenters. The molecule has 6 nitrogen and oxygen atoms in total. The molecule has 26 heavy (non-hydrogen) atoms. The fraction of sp³-hybridized carbons (Fsp3) is 0.211. The van der Waals surface area contributed by atoms with Crippen LogP contribution >= 0.6 is 12.2 Å². The first-order valence-electron chi connectivity index (χ1n) is 8.02. The highest BCUT2D eigenvalue weighted by Crippen LogP contribution is 2.18. The fourth-order valence-corrected chi connectivity index (χ4v) is 2.38. The van der Waals surface area contributed by atoms with Crippen molar-refractivity contribution in [3.8, 4) is 5.75 Å². The van der Waals surface area contributed by atoms with Crippen LogP contribution < -0.4 is 15.4 Å². The van der Waals surface area contributed by atoms with E-state index in [9.17, 15) is 9.59 Å². The first-order chi connectivity index (χ1) is 12.3. The molecule has 7 heteroatoms. The number of anilines is 1. The molecule has 136 valence electrons. The molecule has 2 rings (SSSR count). The molecule has 0 saturated heterocycles. The number of aromatic carboxylic acids is 1. The highest BCUT2D eigenvalue weighted by Gasteiger charge is 2.08. The van der Waals surface area contributed by atoms with Crippen LogP contribution in [0, 0.1) is 0 Å². The molecule has 0 aliphatic heterocycles. The molecule has 0 aliphatic carbocycles. The Hall–Kier alpha value is -2.93. The molecule has 3 N–H and O–H groups in total. The second-order valence-corrected chi connectivity index (χ2v) is 6.31. The van der Waals surface area contributed by atoms with Gasteiger partial charge >= 0.3 is 5.97 Å². The van der Waals surface area contributed by atoms with Gasteiger partial charge in [0.2, 0.25) is 0 Å². The van der Waals surface area contributed by atoms with Crippen molar-refractivity contribution < 1.29 is 19.4 Å². The highest BCUT2D eigenvalue weighted by molar-refractivity contribution is 7.80. The van der Waals surface area contributed by atoms with Crippen molar-refractivity contribution in [2.24, 2.45) is 0 Å². The molecule has 0 aromatic heterocycles. The highest BCUT2D eigenvalue weighted by atomic mass is 32.1. The van der Waals surface area contributed by atoms with Crippen LogP contribution in [0.5, 0.6) is 5.75 Å². The molecular formula is C19H20N2O4S. The molecule has 0 heterocycles. The van der Waals surface area contributed by atoms with Gasteiger partial charge in [-0.3, -0.25) is 10.1 Å². The maximum Gasteiger partial charge on any atom is 0.335 e. The quantitative estimate of drug-likeness (QED) is 0.674. The molecule has 1 amide bonds. The molecule has 0 unspecified atom stereocenters. The Balaban J connectivity index is 1.82. The van der Waals surface area contributed by atoms with E-state index in [-0.39, 0.29) is 17.3 Å². The van der Waals surface area contributed by atoms with Crippen molar-refractivity contribution in [2.75, 3.05) is 11.9 Å². The summed E-state index contributed by atoms with van der Waals surface area (Å²) in [4.78, 5) is 22.9. The summed E-state index contributed by atoms with van der Waals surface area (Å²) in [5, 5.41) is 14.3.